The number of rotatable bonds is 7. The highest BCUT2D eigenvalue weighted by Gasteiger charge is 2.17. The molecule has 0 aliphatic heterocycles. The van der Waals surface area contributed by atoms with Gasteiger partial charge in [0.2, 0.25) is 0 Å². The van der Waals surface area contributed by atoms with Crippen LogP contribution in [-0.2, 0) is 4.79 Å². The molecule has 0 saturated carbocycles. The summed E-state index contributed by atoms with van der Waals surface area (Å²) < 4.78 is 16.3. The normalized spacial score (nSPS) is 10.3. The fourth-order valence-electron chi connectivity index (χ4n) is 2.95. The molecule has 1 heterocycles. The van der Waals surface area contributed by atoms with Gasteiger partial charge < -0.3 is 14.2 Å². The molecule has 0 radical (unpaired) electrons. The summed E-state index contributed by atoms with van der Waals surface area (Å²) in [5.41, 5.74) is 7.42. The Morgan fingerprint density at radius 3 is 2.35 bits per heavy atom. The van der Waals surface area contributed by atoms with Gasteiger partial charge in [-0.2, -0.15) is 0 Å². The van der Waals surface area contributed by atoms with Crippen molar-refractivity contribution < 1.29 is 23.8 Å². The van der Waals surface area contributed by atoms with E-state index in [4.69, 9.17) is 14.2 Å². The predicted octanol–water partition coefficient (Wildman–Crippen LogP) is 3.28. The maximum atomic E-state index is 12.4. The van der Waals surface area contributed by atoms with Crippen molar-refractivity contribution in [3.63, 3.8) is 0 Å². The summed E-state index contributed by atoms with van der Waals surface area (Å²) in [4.78, 5) is 28.8. The number of ether oxygens (including phenoxy) is 3. The van der Waals surface area contributed by atoms with Gasteiger partial charge in [0.1, 0.15) is 16.5 Å². The number of nitrogens with zero attached hydrogens (tertiary/aromatic N) is 1. The number of carbonyl (C=O) groups is 2. The molecule has 2 N–H and O–H groups in total. The van der Waals surface area contributed by atoms with Crippen LogP contribution >= 0.6 is 11.3 Å². The van der Waals surface area contributed by atoms with Gasteiger partial charge in [-0.1, -0.05) is 24.3 Å². The van der Waals surface area contributed by atoms with E-state index in [-0.39, 0.29) is 12.3 Å². The molecule has 0 aliphatic carbocycles. The summed E-state index contributed by atoms with van der Waals surface area (Å²) in [5.74, 6) is 0.728. The molecule has 2 amide bonds. The van der Waals surface area contributed by atoms with Gasteiger partial charge in [0.25, 0.3) is 11.8 Å². The van der Waals surface area contributed by atoms with Crippen molar-refractivity contribution in [2.45, 2.75) is 13.8 Å². The maximum Gasteiger partial charge on any atom is 0.289 e. The molecule has 0 unspecified atom stereocenters. The van der Waals surface area contributed by atoms with Gasteiger partial charge in [-0.3, -0.25) is 20.4 Å². The van der Waals surface area contributed by atoms with Gasteiger partial charge in [-0.15, -0.1) is 11.3 Å². The lowest BCUT2D eigenvalue weighted by Crippen LogP contribution is -2.44. The Labute approximate surface area is 184 Å². The molecule has 162 valence electrons. The second-order valence-corrected chi connectivity index (χ2v) is 7.45. The zero-order valence-electron chi connectivity index (χ0n) is 17.6. The molecule has 0 spiro atoms. The van der Waals surface area contributed by atoms with Gasteiger partial charge >= 0.3 is 0 Å². The van der Waals surface area contributed by atoms with Crippen LogP contribution in [0.25, 0.3) is 10.6 Å². The number of amides is 2. The number of aryl methyl sites for hydroxylation is 2. The van der Waals surface area contributed by atoms with Crippen molar-refractivity contribution in [3.05, 3.63) is 58.6 Å². The van der Waals surface area contributed by atoms with Crippen molar-refractivity contribution in [1.82, 2.24) is 15.8 Å². The molecule has 1 aromatic heterocycles. The first kappa shape index (κ1) is 22.1. The molecule has 0 bridgehead atoms. The number of para-hydroxylation sites is 2. The number of thiazole rings is 1. The fourth-order valence-corrected chi connectivity index (χ4v) is 3.77. The fraction of sp³-hybridized carbons (Fsp3) is 0.227. The van der Waals surface area contributed by atoms with E-state index in [1.54, 1.807) is 25.7 Å². The van der Waals surface area contributed by atoms with Crippen molar-refractivity contribution >= 4 is 23.2 Å². The molecule has 0 aliphatic rings. The van der Waals surface area contributed by atoms with Crippen LogP contribution < -0.4 is 25.1 Å². The minimum absolute atomic E-state index is 0.167. The number of hydrazine groups is 1. The molecule has 0 atom stereocenters. The standard InChI is InChI=1S/C22H23N3O5S/c1-13-7-5-8-14(2)19(13)30-11-18(26)24-25-21(27)16-12-31-22(23-16)15-9-6-10-17(28-3)20(15)29-4/h5-10,12H,11H2,1-4H3,(H,24,26)(H,25,27). The molecule has 31 heavy (non-hydrogen) atoms. The lowest BCUT2D eigenvalue weighted by atomic mass is 10.1. The Morgan fingerprint density at radius 1 is 0.968 bits per heavy atom. The van der Waals surface area contributed by atoms with E-state index in [2.05, 4.69) is 15.8 Å². The SMILES string of the molecule is COc1cccc(-c2nc(C(=O)NNC(=O)COc3c(C)cccc3C)cs2)c1OC. The summed E-state index contributed by atoms with van der Waals surface area (Å²) in [6.45, 7) is 3.58. The van der Waals surface area contributed by atoms with Crippen molar-refractivity contribution in [2.75, 3.05) is 20.8 Å². The monoisotopic (exact) mass is 441 g/mol. The molecule has 2 aromatic carbocycles. The minimum atomic E-state index is -0.537. The van der Waals surface area contributed by atoms with Crippen LogP contribution in [0.5, 0.6) is 17.2 Å². The van der Waals surface area contributed by atoms with Crippen LogP contribution in [0.4, 0.5) is 0 Å². The van der Waals surface area contributed by atoms with Crippen molar-refractivity contribution in [3.8, 4) is 27.8 Å². The van der Waals surface area contributed by atoms with Crippen LogP contribution in [0.2, 0.25) is 0 Å². The van der Waals surface area contributed by atoms with Crippen LogP contribution in [-0.4, -0.2) is 37.6 Å². The molecule has 8 nitrogen and oxygen atoms in total. The van der Waals surface area contributed by atoms with E-state index in [1.165, 1.54) is 11.3 Å². The number of benzene rings is 2. The Bertz CT molecular complexity index is 1080. The van der Waals surface area contributed by atoms with Crippen LogP contribution in [0.15, 0.2) is 41.8 Å². The Hall–Kier alpha value is -3.59. The van der Waals surface area contributed by atoms with Crippen molar-refractivity contribution in [1.29, 1.82) is 0 Å². The van der Waals surface area contributed by atoms with Crippen LogP contribution in [0.3, 0.4) is 0 Å². The van der Waals surface area contributed by atoms with Gasteiger partial charge in [0.15, 0.2) is 18.1 Å². The third kappa shape index (κ3) is 5.13. The number of nitrogens with one attached hydrogen (secondary N) is 2. The number of hydrogen-bond donors (Lipinski definition) is 2. The number of methoxy groups -OCH3 is 2. The Morgan fingerprint density at radius 2 is 1.68 bits per heavy atom. The second kappa shape index (κ2) is 9.94. The van der Waals surface area contributed by atoms with Crippen LogP contribution in [0.1, 0.15) is 21.6 Å². The average Bonchev–Trinajstić information content (AvgIpc) is 3.26. The van der Waals surface area contributed by atoms with E-state index in [0.29, 0.717) is 27.8 Å². The third-order valence-electron chi connectivity index (χ3n) is 4.44. The van der Waals surface area contributed by atoms with E-state index >= 15 is 0 Å². The first-order valence-electron chi connectivity index (χ1n) is 9.39. The zero-order valence-corrected chi connectivity index (χ0v) is 18.5. The number of carbonyl (C=O) groups excluding carboxylic acids is 2. The van der Waals surface area contributed by atoms with E-state index in [9.17, 15) is 9.59 Å². The molecule has 0 saturated heterocycles. The molecule has 0 fully saturated rings. The highest BCUT2D eigenvalue weighted by molar-refractivity contribution is 7.13. The summed E-state index contributed by atoms with van der Waals surface area (Å²) in [6.07, 6.45) is 0. The zero-order chi connectivity index (χ0) is 22.4. The van der Waals surface area contributed by atoms with Gasteiger partial charge in [0.05, 0.1) is 19.8 Å². The quantitative estimate of drug-likeness (QED) is 0.546. The first-order chi connectivity index (χ1) is 14.9. The summed E-state index contributed by atoms with van der Waals surface area (Å²) in [5, 5.41) is 2.19. The molecular weight excluding hydrogens is 418 g/mol. The van der Waals surface area contributed by atoms with E-state index < -0.39 is 11.8 Å². The lowest BCUT2D eigenvalue weighted by molar-refractivity contribution is -0.123. The highest BCUT2D eigenvalue weighted by atomic mass is 32.1. The predicted molar refractivity (Wildman–Crippen MR) is 118 cm³/mol. The van der Waals surface area contributed by atoms with Gasteiger partial charge in [0, 0.05) is 5.38 Å². The van der Waals surface area contributed by atoms with Gasteiger partial charge in [-0.05, 0) is 37.1 Å². The smallest absolute Gasteiger partial charge is 0.289 e. The molecular formula is C22H23N3O5S. The number of hydrogen-bond acceptors (Lipinski definition) is 7. The summed E-state index contributed by atoms with van der Waals surface area (Å²) in [7, 11) is 3.09. The molecule has 9 heteroatoms. The Balaban J connectivity index is 1.60. The largest absolute Gasteiger partial charge is 0.493 e. The van der Waals surface area contributed by atoms with E-state index in [1.807, 2.05) is 44.2 Å². The summed E-state index contributed by atoms with van der Waals surface area (Å²) in [6, 6.07) is 11.1. The number of aromatic nitrogens is 1. The van der Waals surface area contributed by atoms with Gasteiger partial charge in [-0.25, -0.2) is 4.98 Å². The lowest BCUT2D eigenvalue weighted by Gasteiger charge is -2.12. The maximum absolute atomic E-state index is 12.4. The summed E-state index contributed by atoms with van der Waals surface area (Å²) >= 11 is 1.28. The third-order valence-corrected chi connectivity index (χ3v) is 5.32. The Kier molecular flexibility index (Phi) is 7.09. The van der Waals surface area contributed by atoms with Crippen molar-refractivity contribution in [2.24, 2.45) is 0 Å². The second-order valence-electron chi connectivity index (χ2n) is 6.59. The van der Waals surface area contributed by atoms with E-state index in [0.717, 1.165) is 11.1 Å². The average molecular weight is 442 g/mol. The molecule has 3 aromatic rings. The minimum Gasteiger partial charge on any atom is -0.493 e. The first-order valence-corrected chi connectivity index (χ1v) is 10.3. The molecule has 3 rings (SSSR count). The van der Waals surface area contributed by atoms with Crippen LogP contribution in [0, 0.1) is 13.8 Å². The highest BCUT2D eigenvalue weighted by Crippen LogP contribution is 2.38. The topological polar surface area (TPSA) is 98.8 Å².